The highest BCUT2D eigenvalue weighted by Crippen LogP contribution is 2.51. The van der Waals surface area contributed by atoms with Crippen molar-refractivity contribution in [1.82, 2.24) is 0 Å². The van der Waals surface area contributed by atoms with Crippen LogP contribution in [0.1, 0.15) is 41.5 Å². The van der Waals surface area contributed by atoms with E-state index in [4.69, 9.17) is 0 Å². The van der Waals surface area contributed by atoms with E-state index in [9.17, 15) is 9.18 Å². The molecule has 0 spiro atoms. The average molecular weight is 419 g/mol. The van der Waals surface area contributed by atoms with Crippen LogP contribution in [-0.4, -0.2) is 5.78 Å². The van der Waals surface area contributed by atoms with E-state index in [-0.39, 0.29) is 17.5 Å². The fraction of sp³-hybridized carbons (Fsp3) is 0.138. The summed E-state index contributed by atoms with van der Waals surface area (Å²) in [6.07, 6.45) is 1.20. The lowest BCUT2D eigenvalue weighted by atomic mass is 9.71. The maximum absolute atomic E-state index is 14.9. The van der Waals surface area contributed by atoms with Gasteiger partial charge in [-0.1, -0.05) is 78.9 Å². The van der Waals surface area contributed by atoms with E-state index in [1.807, 2.05) is 36.4 Å². The summed E-state index contributed by atoms with van der Waals surface area (Å²) in [4.78, 5) is 13.6. The molecule has 3 heteroatoms. The van der Waals surface area contributed by atoms with Crippen LogP contribution in [0.4, 0.5) is 10.1 Å². The number of benzene rings is 4. The maximum Gasteiger partial charge on any atom is 0.162 e. The number of hydrogen-bond acceptors (Lipinski definition) is 2. The predicted octanol–water partition coefficient (Wildman–Crippen LogP) is 7.05. The molecule has 0 radical (unpaired) electrons. The lowest BCUT2D eigenvalue weighted by Crippen LogP contribution is -2.30. The monoisotopic (exact) mass is 419 g/mol. The second-order valence-electron chi connectivity index (χ2n) is 8.64. The number of rotatable bonds is 2. The number of anilines is 1. The Morgan fingerprint density at radius 2 is 1.53 bits per heavy atom. The van der Waals surface area contributed by atoms with E-state index in [1.165, 1.54) is 11.6 Å². The molecule has 0 fully saturated rings. The summed E-state index contributed by atoms with van der Waals surface area (Å²) in [7, 11) is 0. The average Bonchev–Trinajstić information content (AvgIpc) is 2.84. The van der Waals surface area contributed by atoms with Gasteiger partial charge in [0, 0.05) is 28.8 Å². The first-order valence-electron chi connectivity index (χ1n) is 11.0. The molecule has 0 saturated carbocycles. The molecule has 6 rings (SSSR count). The summed E-state index contributed by atoms with van der Waals surface area (Å²) in [5.74, 6) is -0.0767. The van der Waals surface area contributed by atoms with Crippen LogP contribution >= 0.6 is 0 Å². The van der Waals surface area contributed by atoms with Crippen molar-refractivity contribution in [1.29, 1.82) is 0 Å². The van der Waals surface area contributed by atoms with Crippen molar-refractivity contribution >= 4 is 27.8 Å². The first kappa shape index (κ1) is 19.0. The topological polar surface area (TPSA) is 29.1 Å². The highest BCUT2D eigenvalue weighted by Gasteiger charge is 2.39. The van der Waals surface area contributed by atoms with Crippen molar-refractivity contribution in [2.45, 2.75) is 24.8 Å². The zero-order valence-corrected chi connectivity index (χ0v) is 17.5. The number of fused-ring (bicyclic) bond motifs is 4. The first-order valence-corrected chi connectivity index (χ1v) is 11.0. The fourth-order valence-corrected chi connectivity index (χ4v) is 5.35. The molecule has 32 heavy (non-hydrogen) atoms. The van der Waals surface area contributed by atoms with Gasteiger partial charge in [-0.3, -0.25) is 4.79 Å². The van der Waals surface area contributed by atoms with Crippen LogP contribution in [0.15, 0.2) is 96.6 Å². The van der Waals surface area contributed by atoms with Crippen LogP contribution < -0.4 is 5.32 Å². The van der Waals surface area contributed by atoms with Gasteiger partial charge >= 0.3 is 0 Å². The molecule has 1 aliphatic heterocycles. The minimum absolute atomic E-state index is 0.0967. The number of halogens is 1. The summed E-state index contributed by atoms with van der Waals surface area (Å²) in [5.41, 5.74) is 5.50. The van der Waals surface area contributed by atoms with Crippen LogP contribution in [0.25, 0.3) is 16.3 Å². The number of carbonyl (C=O) groups is 1. The van der Waals surface area contributed by atoms with Gasteiger partial charge in [0.05, 0.1) is 6.04 Å². The van der Waals surface area contributed by atoms with Crippen LogP contribution in [0.5, 0.6) is 0 Å². The summed E-state index contributed by atoms with van der Waals surface area (Å²) in [6.45, 7) is 0. The summed E-state index contributed by atoms with van der Waals surface area (Å²) in [6, 6.07) is 28.9. The fourth-order valence-electron chi connectivity index (χ4n) is 5.35. The second-order valence-corrected chi connectivity index (χ2v) is 8.64. The van der Waals surface area contributed by atoms with Crippen LogP contribution in [0.3, 0.4) is 0 Å². The Labute approximate surface area is 186 Å². The SMILES string of the molecule is O=C1C[C@H](c2ccccc2)CC2=C1[C@@H](c1ccccc1F)Nc1ccc3ccccc3c12. The van der Waals surface area contributed by atoms with Crippen molar-refractivity contribution in [3.63, 3.8) is 0 Å². The molecule has 2 atom stereocenters. The van der Waals surface area contributed by atoms with Crippen molar-refractivity contribution in [3.8, 4) is 0 Å². The summed E-state index contributed by atoms with van der Waals surface area (Å²) in [5, 5.41) is 5.77. The lowest BCUT2D eigenvalue weighted by molar-refractivity contribution is -0.116. The zero-order valence-electron chi connectivity index (χ0n) is 17.5. The molecule has 0 unspecified atom stereocenters. The van der Waals surface area contributed by atoms with Gasteiger partial charge in [-0.05, 0) is 46.4 Å². The summed E-state index contributed by atoms with van der Waals surface area (Å²) < 4.78 is 14.9. The quantitative estimate of drug-likeness (QED) is 0.377. The Morgan fingerprint density at radius 3 is 2.38 bits per heavy atom. The Morgan fingerprint density at radius 1 is 0.781 bits per heavy atom. The summed E-state index contributed by atoms with van der Waals surface area (Å²) >= 11 is 0. The third-order valence-corrected chi connectivity index (χ3v) is 6.81. The van der Waals surface area contributed by atoms with Crippen molar-refractivity contribution in [2.24, 2.45) is 0 Å². The molecular formula is C29H22FNO. The standard InChI is InChI=1S/C29H22FNO/c30-24-13-7-6-12-22(24)29-28-23(16-20(17-26(28)32)18-8-2-1-3-9-18)27-21-11-5-4-10-19(21)14-15-25(27)31-29/h1-15,20,29,31H,16-17H2/t20-,29-/m1/s1. The number of hydrogen-bond donors (Lipinski definition) is 1. The largest absolute Gasteiger partial charge is 0.373 e. The Balaban J connectivity index is 1.60. The van der Waals surface area contributed by atoms with E-state index >= 15 is 0 Å². The lowest BCUT2D eigenvalue weighted by Gasteiger charge is -2.37. The number of nitrogens with one attached hydrogen (secondary N) is 1. The third kappa shape index (κ3) is 2.96. The number of ketones is 1. The number of carbonyl (C=O) groups excluding carboxylic acids is 1. The molecule has 1 heterocycles. The van der Waals surface area contributed by atoms with E-state index in [0.29, 0.717) is 17.6 Å². The molecule has 0 saturated heterocycles. The smallest absolute Gasteiger partial charge is 0.162 e. The minimum Gasteiger partial charge on any atom is -0.373 e. The van der Waals surface area contributed by atoms with Crippen LogP contribution in [0.2, 0.25) is 0 Å². The van der Waals surface area contributed by atoms with E-state index < -0.39 is 6.04 Å². The minimum atomic E-state index is -0.482. The molecule has 0 amide bonds. The third-order valence-electron chi connectivity index (χ3n) is 6.81. The van der Waals surface area contributed by atoms with Gasteiger partial charge in [0.2, 0.25) is 0 Å². The molecule has 4 aromatic carbocycles. The molecule has 156 valence electrons. The van der Waals surface area contributed by atoms with Crippen molar-refractivity contribution in [2.75, 3.05) is 5.32 Å². The Kier molecular flexibility index (Phi) is 4.43. The van der Waals surface area contributed by atoms with Crippen LogP contribution in [0, 0.1) is 5.82 Å². The van der Waals surface area contributed by atoms with E-state index in [2.05, 4.69) is 41.7 Å². The number of Topliss-reactive ketones (excluding diaryl/α,β-unsaturated/α-hetero) is 1. The van der Waals surface area contributed by atoms with Gasteiger partial charge in [0.25, 0.3) is 0 Å². The molecule has 1 aliphatic carbocycles. The van der Waals surface area contributed by atoms with Gasteiger partial charge in [-0.15, -0.1) is 0 Å². The molecule has 2 aliphatic rings. The van der Waals surface area contributed by atoms with Crippen molar-refractivity contribution < 1.29 is 9.18 Å². The van der Waals surface area contributed by atoms with Crippen molar-refractivity contribution in [3.05, 3.63) is 119 Å². The van der Waals surface area contributed by atoms with Gasteiger partial charge in [-0.2, -0.15) is 0 Å². The maximum atomic E-state index is 14.9. The van der Waals surface area contributed by atoms with Gasteiger partial charge < -0.3 is 5.32 Å². The molecule has 0 bridgehead atoms. The highest BCUT2D eigenvalue weighted by atomic mass is 19.1. The highest BCUT2D eigenvalue weighted by molar-refractivity contribution is 6.13. The molecule has 0 aromatic heterocycles. The second kappa shape index (κ2) is 7.45. The Hall–Kier alpha value is -3.72. The Bertz CT molecular complexity index is 1390. The zero-order chi connectivity index (χ0) is 21.7. The molecular weight excluding hydrogens is 397 g/mol. The molecule has 2 nitrogen and oxygen atoms in total. The van der Waals surface area contributed by atoms with Crippen LogP contribution in [-0.2, 0) is 4.79 Å². The normalized spacial score (nSPS) is 20.0. The molecule has 4 aromatic rings. The van der Waals surface area contributed by atoms with Gasteiger partial charge in [-0.25, -0.2) is 4.39 Å². The molecule has 1 N–H and O–H groups in total. The van der Waals surface area contributed by atoms with E-state index in [0.717, 1.165) is 34.0 Å². The van der Waals surface area contributed by atoms with E-state index in [1.54, 1.807) is 12.1 Å². The predicted molar refractivity (Wildman–Crippen MR) is 127 cm³/mol. The number of allylic oxidation sites excluding steroid dienone is 1. The van der Waals surface area contributed by atoms with Gasteiger partial charge in [0.15, 0.2) is 5.78 Å². The van der Waals surface area contributed by atoms with Gasteiger partial charge in [0.1, 0.15) is 5.82 Å². The first-order chi connectivity index (χ1) is 15.7.